The molecule has 1 N–H and O–H groups in total. The Morgan fingerprint density at radius 1 is 1.20 bits per heavy atom. The van der Waals surface area contributed by atoms with Crippen LogP contribution in [0.1, 0.15) is 18.4 Å². The first-order chi connectivity index (χ1) is 12.0. The summed E-state index contributed by atoms with van der Waals surface area (Å²) in [5, 5.41) is 3.75. The van der Waals surface area contributed by atoms with Crippen molar-refractivity contribution in [2.45, 2.75) is 19.4 Å². The van der Waals surface area contributed by atoms with E-state index in [-0.39, 0.29) is 17.6 Å². The molecule has 2 aromatic carbocycles. The Balaban J connectivity index is 1.61. The molecular formula is C19H19Cl2FN2O. The van der Waals surface area contributed by atoms with Crippen LogP contribution in [0.3, 0.4) is 0 Å². The lowest BCUT2D eigenvalue weighted by molar-refractivity contribution is -0.121. The zero-order valence-electron chi connectivity index (χ0n) is 13.6. The predicted molar refractivity (Wildman–Crippen MR) is 99.5 cm³/mol. The fraction of sp³-hybridized carbons (Fsp3) is 0.316. The standard InChI is InChI=1S/C19H19Cl2FN2O/c20-16-8-7-15(10-17(16)21)23-19(25)14-5-3-9-24(12-14)11-13-4-1-2-6-18(13)22/h1-2,4,6-8,10,14H,3,5,9,11-12H2,(H,23,25). The molecule has 1 amide bonds. The summed E-state index contributed by atoms with van der Waals surface area (Å²) in [7, 11) is 0. The van der Waals surface area contributed by atoms with Gasteiger partial charge >= 0.3 is 0 Å². The highest BCUT2D eigenvalue weighted by molar-refractivity contribution is 6.42. The van der Waals surface area contributed by atoms with Crippen molar-refractivity contribution in [3.8, 4) is 0 Å². The number of likely N-dealkylation sites (tertiary alicyclic amines) is 1. The quantitative estimate of drug-likeness (QED) is 0.810. The highest BCUT2D eigenvalue weighted by atomic mass is 35.5. The maximum absolute atomic E-state index is 13.8. The molecule has 0 aromatic heterocycles. The lowest BCUT2D eigenvalue weighted by atomic mass is 9.96. The Morgan fingerprint density at radius 3 is 2.76 bits per heavy atom. The second-order valence-electron chi connectivity index (χ2n) is 6.28. The molecule has 132 valence electrons. The first-order valence-corrected chi connectivity index (χ1v) is 9.00. The molecule has 1 fully saturated rings. The van der Waals surface area contributed by atoms with Gasteiger partial charge in [0.25, 0.3) is 0 Å². The summed E-state index contributed by atoms with van der Waals surface area (Å²) in [6.07, 6.45) is 1.73. The average molecular weight is 381 g/mol. The molecule has 0 saturated carbocycles. The van der Waals surface area contributed by atoms with Gasteiger partial charge in [0.15, 0.2) is 0 Å². The van der Waals surface area contributed by atoms with Gasteiger partial charge in [0, 0.05) is 24.3 Å². The van der Waals surface area contributed by atoms with E-state index in [9.17, 15) is 9.18 Å². The van der Waals surface area contributed by atoms with E-state index >= 15 is 0 Å². The summed E-state index contributed by atoms with van der Waals surface area (Å²) in [5.74, 6) is -0.378. The molecule has 0 aliphatic carbocycles. The van der Waals surface area contributed by atoms with Gasteiger partial charge in [0.1, 0.15) is 5.82 Å². The number of hydrogen-bond acceptors (Lipinski definition) is 2. The van der Waals surface area contributed by atoms with E-state index in [1.165, 1.54) is 6.07 Å². The van der Waals surface area contributed by atoms with Gasteiger partial charge in [-0.05, 0) is 43.7 Å². The Bertz CT molecular complexity index is 769. The SMILES string of the molecule is O=C(Nc1ccc(Cl)c(Cl)c1)C1CCCN(Cc2ccccc2F)C1. The van der Waals surface area contributed by atoms with E-state index in [2.05, 4.69) is 10.2 Å². The Kier molecular flexibility index (Phi) is 5.94. The van der Waals surface area contributed by atoms with Crippen molar-refractivity contribution in [2.75, 3.05) is 18.4 Å². The van der Waals surface area contributed by atoms with Crippen LogP contribution in [0.15, 0.2) is 42.5 Å². The van der Waals surface area contributed by atoms with E-state index in [0.29, 0.717) is 34.4 Å². The lowest BCUT2D eigenvalue weighted by Crippen LogP contribution is -2.40. The number of benzene rings is 2. The van der Waals surface area contributed by atoms with Crippen molar-refractivity contribution in [3.05, 3.63) is 63.9 Å². The maximum atomic E-state index is 13.8. The number of nitrogens with zero attached hydrogens (tertiary/aromatic N) is 1. The molecule has 3 nitrogen and oxygen atoms in total. The van der Waals surface area contributed by atoms with Crippen molar-refractivity contribution in [1.82, 2.24) is 4.90 Å². The Hall–Kier alpha value is -1.62. The fourth-order valence-electron chi connectivity index (χ4n) is 3.10. The minimum absolute atomic E-state index is 0.0448. The predicted octanol–water partition coefficient (Wildman–Crippen LogP) is 4.98. The Labute approximate surface area is 156 Å². The van der Waals surface area contributed by atoms with Crippen LogP contribution in [-0.2, 0) is 11.3 Å². The molecule has 3 rings (SSSR count). The van der Waals surface area contributed by atoms with Crippen molar-refractivity contribution in [1.29, 1.82) is 0 Å². The van der Waals surface area contributed by atoms with Crippen molar-refractivity contribution >= 4 is 34.8 Å². The highest BCUT2D eigenvalue weighted by Gasteiger charge is 2.26. The first-order valence-electron chi connectivity index (χ1n) is 8.24. The van der Waals surface area contributed by atoms with Crippen molar-refractivity contribution < 1.29 is 9.18 Å². The van der Waals surface area contributed by atoms with Gasteiger partial charge in [-0.1, -0.05) is 41.4 Å². The molecule has 0 radical (unpaired) electrons. The molecule has 6 heteroatoms. The minimum Gasteiger partial charge on any atom is -0.326 e. The topological polar surface area (TPSA) is 32.3 Å². The molecule has 0 bridgehead atoms. The van der Waals surface area contributed by atoms with Crippen LogP contribution in [-0.4, -0.2) is 23.9 Å². The molecule has 0 spiro atoms. The lowest BCUT2D eigenvalue weighted by Gasteiger charge is -2.32. The summed E-state index contributed by atoms with van der Waals surface area (Å²) < 4.78 is 13.8. The normalized spacial score (nSPS) is 18.1. The summed E-state index contributed by atoms with van der Waals surface area (Å²) in [6.45, 7) is 2.00. The zero-order valence-corrected chi connectivity index (χ0v) is 15.2. The van der Waals surface area contributed by atoms with Crippen molar-refractivity contribution in [3.63, 3.8) is 0 Å². The van der Waals surface area contributed by atoms with Gasteiger partial charge in [-0.15, -0.1) is 0 Å². The van der Waals surface area contributed by atoms with Gasteiger partial charge < -0.3 is 5.32 Å². The number of rotatable bonds is 4. The van der Waals surface area contributed by atoms with Crippen LogP contribution in [0.2, 0.25) is 10.0 Å². The summed E-state index contributed by atoms with van der Waals surface area (Å²) in [6, 6.07) is 11.8. The summed E-state index contributed by atoms with van der Waals surface area (Å²) >= 11 is 11.9. The smallest absolute Gasteiger partial charge is 0.228 e. The van der Waals surface area contributed by atoms with Crippen LogP contribution < -0.4 is 5.32 Å². The number of hydrogen-bond donors (Lipinski definition) is 1. The molecule has 1 aliphatic rings. The monoisotopic (exact) mass is 380 g/mol. The highest BCUT2D eigenvalue weighted by Crippen LogP contribution is 2.26. The van der Waals surface area contributed by atoms with Gasteiger partial charge in [-0.3, -0.25) is 9.69 Å². The summed E-state index contributed by atoms with van der Waals surface area (Å²) in [5.41, 5.74) is 1.29. The molecule has 1 saturated heterocycles. The zero-order chi connectivity index (χ0) is 17.8. The largest absolute Gasteiger partial charge is 0.326 e. The molecule has 25 heavy (non-hydrogen) atoms. The first kappa shape index (κ1) is 18.2. The second-order valence-corrected chi connectivity index (χ2v) is 7.10. The van der Waals surface area contributed by atoms with E-state index in [4.69, 9.17) is 23.2 Å². The number of carbonyl (C=O) groups is 1. The van der Waals surface area contributed by atoms with E-state index in [0.717, 1.165) is 19.4 Å². The number of nitrogens with one attached hydrogen (secondary N) is 1. The minimum atomic E-state index is -0.204. The van der Waals surface area contributed by atoms with E-state index in [1.54, 1.807) is 30.3 Å². The van der Waals surface area contributed by atoms with Crippen molar-refractivity contribution in [2.24, 2.45) is 5.92 Å². The van der Waals surface area contributed by atoms with Gasteiger partial charge in [-0.25, -0.2) is 4.39 Å². The number of halogens is 3. The molecule has 1 unspecified atom stereocenters. The second kappa shape index (κ2) is 8.17. The number of amides is 1. The maximum Gasteiger partial charge on any atom is 0.228 e. The van der Waals surface area contributed by atoms with Crippen LogP contribution in [0.25, 0.3) is 0 Å². The average Bonchev–Trinajstić information content (AvgIpc) is 2.60. The third kappa shape index (κ3) is 4.72. The third-order valence-electron chi connectivity index (χ3n) is 4.42. The van der Waals surface area contributed by atoms with E-state index in [1.807, 2.05) is 6.07 Å². The third-order valence-corrected chi connectivity index (χ3v) is 5.15. The molecule has 1 heterocycles. The molecular weight excluding hydrogens is 362 g/mol. The van der Waals surface area contributed by atoms with Gasteiger partial charge in [0.2, 0.25) is 5.91 Å². The number of carbonyl (C=O) groups excluding carboxylic acids is 1. The van der Waals surface area contributed by atoms with Crippen LogP contribution in [0, 0.1) is 11.7 Å². The fourth-order valence-corrected chi connectivity index (χ4v) is 3.40. The molecule has 2 aromatic rings. The number of anilines is 1. The van der Waals surface area contributed by atoms with Crippen LogP contribution >= 0.6 is 23.2 Å². The molecule has 1 aliphatic heterocycles. The van der Waals surface area contributed by atoms with Gasteiger partial charge in [-0.2, -0.15) is 0 Å². The summed E-state index contributed by atoms with van der Waals surface area (Å²) in [4.78, 5) is 14.7. The van der Waals surface area contributed by atoms with Crippen LogP contribution in [0.5, 0.6) is 0 Å². The Morgan fingerprint density at radius 2 is 2.00 bits per heavy atom. The van der Waals surface area contributed by atoms with Gasteiger partial charge in [0.05, 0.1) is 16.0 Å². The van der Waals surface area contributed by atoms with Crippen LogP contribution in [0.4, 0.5) is 10.1 Å². The number of piperidine rings is 1. The molecule has 1 atom stereocenters. The van der Waals surface area contributed by atoms with E-state index < -0.39 is 0 Å².